The molecule has 13 heavy (non-hydrogen) atoms. The van der Waals surface area contributed by atoms with Gasteiger partial charge in [-0.2, -0.15) is 0 Å². The standard InChI is InChI=1S/C10H17NO2/c1-3-9(10(12)13)8-5-6-11(4-2)7-8/h3-7H2,1-2H3,(H,12,13)/b9-8-. The van der Waals surface area contributed by atoms with E-state index in [0.29, 0.717) is 12.0 Å². The van der Waals surface area contributed by atoms with Gasteiger partial charge in [0.05, 0.1) is 0 Å². The monoisotopic (exact) mass is 183 g/mol. The fraction of sp³-hybridized carbons (Fsp3) is 0.700. The first-order chi connectivity index (χ1) is 6.19. The highest BCUT2D eigenvalue weighted by Crippen LogP contribution is 2.20. The van der Waals surface area contributed by atoms with Gasteiger partial charge in [0.15, 0.2) is 0 Å². The molecular weight excluding hydrogens is 166 g/mol. The molecule has 1 fully saturated rings. The second kappa shape index (κ2) is 4.42. The molecule has 3 heteroatoms. The Morgan fingerprint density at radius 3 is 2.62 bits per heavy atom. The maximum Gasteiger partial charge on any atom is 0.331 e. The Morgan fingerprint density at radius 2 is 2.23 bits per heavy atom. The van der Waals surface area contributed by atoms with Crippen molar-refractivity contribution in [3.05, 3.63) is 11.1 Å². The number of aliphatic carboxylic acids is 1. The molecule has 1 saturated heterocycles. The minimum atomic E-state index is -0.740. The molecule has 0 aromatic carbocycles. The lowest BCUT2D eigenvalue weighted by Gasteiger charge is -2.10. The first-order valence-corrected chi connectivity index (χ1v) is 4.85. The van der Waals surface area contributed by atoms with E-state index in [4.69, 9.17) is 5.11 Å². The van der Waals surface area contributed by atoms with Crippen molar-refractivity contribution in [3.63, 3.8) is 0 Å². The normalized spacial score (nSPS) is 22.0. The Morgan fingerprint density at radius 1 is 1.54 bits per heavy atom. The molecule has 0 aliphatic carbocycles. The molecule has 0 aromatic rings. The van der Waals surface area contributed by atoms with Crippen LogP contribution in [0.25, 0.3) is 0 Å². The fourth-order valence-corrected chi connectivity index (χ4v) is 1.79. The van der Waals surface area contributed by atoms with Crippen molar-refractivity contribution in [1.82, 2.24) is 4.90 Å². The molecule has 0 unspecified atom stereocenters. The van der Waals surface area contributed by atoms with Crippen LogP contribution >= 0.6 is 0 Å². The summed E-state index contributed by atoms with van der Waals surface area (Å²) in [5, 5.41) is 8.92. The number of nitrogens with zero attached hydrogens (tertiary/aromatic N) is 1. The Kier molecular flexibility index (Phi) is 3.48. The van der Waals surface area contributed by atoms with Crippen molar-refractivity contribution >= 4 is 5.97 Å². The number of hydrogen-bond donors (Lipinski definition) is 1. The van der Waals surface area contributed by atoms with E-state index in [1.807, 2.05) is 6.92 Å². The van der Waals surface area contributed by atoms with Gasteiger partial charge in [0.1, 0.15) is 0 Å². The molecule has 1 N–H and O–H groups in total. The molecule has 3 nitrogen and oxygen atoms in total. The van der Waals surface area contributed by atoms with E-state index in [1.54, 1.807) is 0 Å². The van der Waals surface area contributed by atoms with Crippen molar-refractivity contribution in [2.75, 3.05) is 19.6 Å². The van der Waals surface area contributed by atoms with Crippen LogP contribution in [-0.2, 0) is 4.79 Å². The van der Waals surface area contributed by atoms with Gasteiger partial charge in [0, 0.05) is 18.7 Å². The molecule has 0 radical (unpaired) electrons. The van der Waals surface area contributed by atoms with Crippen LogP contribution < -0.4 is 0 Å². The SMILES string of the molecule is CC/C(C(=O)O)=C1\CCN(CC)C1. The lowest BCUT2D eigenvalue weighted by molar-refractivity contribution is -0.132. The second-order valence-electron chi connectivity index (χ2n) is 3.36. The van der Waals surface area contributed by atoms with E-state index in [-0.39, 0.29) is 0 Å². The summed E-state index contributed by atoms with van der Waals surface area (Å²) in [6, 6.07) is 0. The van der Waals surface area contributed by atoms with E-state index in [0.717, 1.165) is 31.6 Å². The van der Waals surface area contributed by atoms with Gasteiger partial charge < -0.3 is 5.11 Å². The van der Waals surface area contributed by atoms with Crippen molar-refractivity contribution in [3.8, 4) is 0 Å². The van der Waals surface area contributed by atoms with Crippen LogP contribution in [0.15, 0.2) is 11.1 Å². The van der Waals surface area contributed by atoms with Crippen LogP contribution in [0.4, 0.5) is 0 Å². The Bertz CT molecular complexity index is 233. The van der Waals surface area contributed by atoms with Crippen molar-refractivity contribution < 1.29 is 9.90 Å². The van der Waals surface area contributed by atoms with Gasteiger partial charge in [-0.3, -0.25) is 4.90 Å². The van der Waals surface area contributed by atoms with Crippen LogP contribution in [-0.4, -0.2) is 35.6 Å². The van der Waals surface area contributed by atoms with E-state index in [1.165, 1.54) is 0 Å². The highest BCUT2D eigenvalue weighted by molar-refractivity contribution is 5.87. The molecule has 0 bridgehead atoms. The summed E-state index contributed by atoms with van der Waals surface area (Å²) in [6.45, 7) is 6.90. The minimum Gasteiger partial charge on any atom is -0.478 e. The first kappa shape index (κ1) is 10.3. The van der Waals surface area contributed by atoms with E-state index < -0.39 is 5.97 Å². The molecule has 1 aliphatic heterocycles. The topological polar surface area (TPSA) is 40.5 Å². The average molecular weight is 183 g/mol. The third-order valence-electron chi connectivity index (χ3n) is 2.63. The Balaban J connectivity index is 2.74. The lowest BCUT2D eigenvalue weighted by Crippen LogP contribution is -2.18. The predicted molar refractivity (Wildman–Crippen MR) is 51.7 cm³/mol. The molecule has 1 rings (SSSR count). The molecule has 0 spiro atoms. The molecule has 1 aliphatic rings. The lowest BCUT2D eigenvalue weighted by atomic mass is 10.1. The molecular formula is C10H17NO2. The van der Waals surface area contributed by atoms with Gasteiger partial charge in [-0.15, -0.1) is 0 Å². The average Bonchev–Trinajstić information content (AvgIpc) is 2.53. The van der Waals surface area contributed by atoms with Crippen LogP contribution in [0.5, 0.6) is 0 Å². The third kappa shape index (κ3) is 2.31. The van der Waals surface area contributed by atoms with E-state index >= 15 is 0 Å². The zero-order chi connectivity index (χ0) is 9.84. The van der Waals surface area contributed by atoms with Crippen molar-refractivity contribution in [2.45, 2.75) is 26.7 Å². The number of carbonyl (C=O) groups is 1. The summed E-state index contributed by atoms with van der Waals surface area (Å²) in [6.07, 6.45) is 1.57. The summed E-state index contributed by atoms with van der Waals surface area (Å²) in [5.41, 5.74) is 1.74. The fourth-order valence-electron chi connectivity index (χ4n) is 1.79. The van der Waals surface area contributed by atoms with Crippen molar-refractivity contribution in [1.29, 1.82) is 0 Å². The number of carboxylic acid groups (broad SMARTS) is 1. The molecule has 1 heterocycles. The third-order valence-corrected chi connectivity index (χ3v) is 2.63. The van der Waals surface area contributed by atoms with Gasteiger partial charge in [0.25, 0.3) is 0 Å². The first-order valence-electron chi connectivity index (χ1n) is 4.85. The second-order valence-corrected chi connectivity index (χ2v) is 3.36. The Labute approximate surface area is 79.0 Å². The molecule has 0 aromatic heterocycles. The zero-order valence-electron chi connectivity index (χ0n) is 8.34. The number of likely N-dealkylation sites (tertiary alicyclic amines) is 1. The van der Waals surface area contributed by atoms with Gasteiger partial charge in [-0.05, 0) is 25.0 Å². The summed E-state index contributed by atoms with van der Waals surface area (Å²) in [5.74, 6) is -0.740. The van der Waals surface area contributed by atoms with Gasteiger partial charge in [-0.25, -0.2) is 4.79 Å². The molecule has 0 atom stereocenters. The number of carboxylic acids is 1. The van der Waals surface area contributed by atoms with Gasteiger partial charge in [-0.1, -0.05) is 13.8 Å². The molecule has 0 saturated carbocycles. The maximum absolute atomic E-state index is 10.8. The summed E-state index contributed by atoms with van der Waals surface area (Å²) in [7, 11) is 0. The van der Waals surface area contributed by atoms with Gasteiger partial charge in [0.2, 0.25) is 0 Å². The molecule has 74 valence electrons. The number of rotatable bonds is 3. The van der Waals surface area contributed by atoms with Crippen LogP contribution in [0.3, 0.4) is 0 Å². The van der Waals surface area contributed by atoms with E-state index in [9.17, 15) is 4.79 Å². The number of likely N-dealkylation sites (N-methyl/N-ethyl adjacent to an activating group) is 1. The largest absolute Gasteiger partial charge is 0.478 e. The Hall–Kier alpha value is -0.830. The number of hydrogen-bond acceptors (Lipinski definition) is 2. The summed E-state index contributed by atoms with van der Waals surface area (Å²) >= 11 is 0. The smallest absolute Gasteiger partial charge is 0.331 e. The summed E-state index contributed by atoms with van der Waals surface area (Å²) in [4.78, 5) is 13.1. The van der Waals surface area contributed by atoms with Crippen LogP contribution in [0.2, 0.25) is 0 Å². The van der Waals surface area contributed by atoms with Crippen LogP contribution in [0, 0.1) is 0 Å². The van der Waals surface area contributed by atoms with Gasteiger partial charge >= 0.3 is 5.97 Å². The van der Waals surface area contributed by atoms with E-state index in [2.05, 4.69) is 11.8 Å². The minimum absolute atomic E-state index is 0.621. The maximum atomic E-state index is 10.8. The predicted octanol–water partition coefficient (Wildman–Crippen LogP) is 1.50. The molecule has 0 amide bonds. The zero-order valence-corrected chi connectivity index (χ0v) is 8.34. The highest BCUT2D eigenvalue weighted by atomic mass is 16.4. The highest BCUT2D eigenvalue weighted by Gasteiger charge is 2.20. The quantitative estimate of drug-likeness (QED) is 0.674. The van der Waals surface area contributed by atoms with Crippen molar-refractivity contribution in [2.24, 2.45) is 0 Å². The summed E-state index contributed by atoms with van der Waals surface area (Å²) < 4.78 is 0. The van der Waals surface area contributed by atoms with Crippen LogP contribution in [0.1, 0.15) is 26.7 Å².